The van der Waals surface area contributed by atoms with Crippen LogP contribution in [0.4, 0.5) is 0 Å². The van der Waals surface area contributed by atoms with Gasteiger partial charge in [0.2, 0.25) is 0 Å². The van der Waals surface area contributed by atoms with Crippen LogP contribution >= 0.6 is 25.9 Å². The number of hydrogen-bond donors (Lipinski definition) is 0. The Morgan fingerprint density at radius 1 is 1.71 bits per heavy atom. The molecule has 0 aromatic heterocycles. The minimum atomic E-state index is -0.300. The van der Waals surface area contributed by atoms with E-state index < -0.39 is 0 Å². The molecule has 0 aliphatic rings. The van der Waals surface area contributed by atoms with Gasteiger partial charge in [0.1, 0.15) is 0 Å². The molecule has 0 saturated heterocycles. The predicted molar refractivity (Wildman–Crippen MR) is 41.4 cm³/mol. The molecular weight excluding hydrogens is 408 g/mol. The third-order valence-electron chi connectivity index (χ3n) is 0.719. The second-order valence-corrected chi connectivity index (χ2v) is 26.1. The van der Waals surface area contributed by atoms with Crippen LogP contribution in [0, 0.1) is 0 Å². The van der Waals surface area contributed by atoms with Gasteiger partial charge >= 0.3 is 70.2 Å². The van der Waals surface area contributed by atoms with Gasteiger partial charge in [-0.05, 0) is 0 Å². The molecule has 0 atom stereocenters. The fraction of sp³-hybridized carbons (Fsp3) is 1.00. The molecule has 0 nitrogen and oxygen atoms in total. The van der Waals surface area contributed by atoms with Gasteiger partial charge in [0.25, 0.3) is 0 Å². The summed E-state index contributed by atoms with van der Waals surface area (Å²) in [6, 6.07) is 0. The Kier molecular flexibility index (Phi) is 10.3. The van der Waals surface area contributed by atoms with Crippen molar-refractivity contribution in [3.8, 4) is 0 Å². The predicted octanol–water partition coefficient (Wildman–Crippen LogP) is 2.87. The summed E-state index contributed by atoms with van der Waals surface area (Å²) in [6.07, 6.45) is 2.81. The summed E-state index contributed by atoms with van der Waals surface area (Å²) in [7, 11) is 2.24. The molecule has 0 amide bonds. The molecule has 0 bridgehead atoms. The average Bonchev–Trinajstić information content (AvgIpc) is 1.69. The maximum atomic E-state index is 2.61. The van der Waals surface area contributed by atoms with Crippen LogP contribution in [0.5, 0.6) is 0 Å². The summed E-state index contributed by atoms with van der Waals surface area (Å²) in [5.74, 6) is 1.45. The van der Waals surface area contributed by atoms with E-state index in [0.29, 0.717) is 0 Å². The van der Waals surface area contributed by atoms with Gasteiger partial charge in [-0.15, -0.1) is 0 Å². The summed E-state index contributed by atoms with van der Waals surface area (Å²) in [5, 5.41) is 0. The third kappa shape index (κ3) is 8.02. The van der Waals surface area contributed by atoms with E-state index in [4.69, 9.17) is 0 Å². The fourth-order valence-corrected chi connectivity index (χ4v) is 12.8. The fourth-order valence-electron chi connectivity index (χ4n) is 0.301. The summed E-state index contributed by atoms with van der Waals surface area (Å²) in [5.41, 5.74) is 0. The molecule has 0 spiro atoms. The summed E-state index contributed by atoms with van der Waals surface area (Å²) >= 11 is 2.31. The number of unbranched alkanes of at least 4 members (excludes halogenated alkanes) is 1. The van der Waals surface area contributed by atoms with E-state index in [-0.39, 0.29) is 18.7 Å². The Labute approximate surface area is 69.1 Å². The second-order valence-electron chi connectivity index (χ2n) is 1.37. The number of hydrogen-bond acceptors (Lipinski definition) is 1. The zero-order valence-corrected chi connectivity index (χ0v) is 13.1. The molecule has 0 aromatic rings. The molecule has 0 radical (unpaired) electrons. The van der Waals surface area contributed by atoms with E-state index in [1.54, 1.807) is 0 Å². The van der Waals surface area contributed by atoms with Gasteiger partial charge < -0.3 is 0 Å². The summed E-state index contributed by atoms with van der Waals surface area (Å²) < 4.78 is 0. The van der Waals surface area contributed by atoms with Crippen LogP contribution in [0.1, 0.15) is 19.8 Å². The molecule has 40 valence electrons. The molecule has 0 unspecified atom stereocenters. The average molecular weight is 417 g/mol. The molecule has 0 N–H and O–H groups in total. The van der Waals surface area contributed by atoms with Crippen molar-refractivity contribution in [3.63, 3.8) is 0 Å². The van der Waals surface area contributed by atoms with Crippen molar-refractivity contribution >= 4 is 25.9 Å². The van der Waals surface area contributed by atoms with Gasteiger partial charge in [-0.3, -0.25) is 0 Å². The first-order valence-electron chi connectivity index (χ1n) is 2.55. The Morgan fingerprint density at radius 3 is 2.86 bits per heavy atom. The van der Waals surface area contributed by atoms with Crippen LogP contribution in [-0.2, 0) is 18.7 Å². The third-order valence-corrected chi connectivity index (χ3v) is 18.2. The van der Waals surface area contributed by atoms with Crippen molar-refractivity contribution in [1.82, 2.24) is 0 Å². The Balaban J connectivity index is 2.45. The molecule has 0 heterocycles. The van der Waals surface area contributed by atoms with E-state index in [1.165, 1.54) is 18.6 Å². The topological polar surface area (TPSA) is 0 Å². The number of halogens is 1. The van der Waals surface area contributed by atoms with E-state index >= 15 is 0 Å². The molecule has 0 rings (SSSR count). The molecule has 7 heavy (non-hydrogen) atoms. The Morgan fingerprint density at radius 2 is 2.43 bits per heavy atom. The maximum absolute atomic E-state index is 2.61. The molecular formula is C4H9HgIS. The summed E-state index contributed by atoms with van der Waals surface area (Å²) in [6.45, 7) is 2.25. The monoisotopic (exact) mass is 418 g/mol. The van der Waals surface area contributed by atoms with Crippen LogP contribution in [0.25, 0.3) is 0 Å². The second kappa shape index (κ2) is 8.02. The molecule has 0 saturated carbocycles. The van der Waals surface area contributed by atoms with Crippen molar-refractivity contribution in [2.24, 2.45) is 0 Å². The van der Waals surface area contributed by atoms with E-state index in [2.05, 4.69) is 32.8 Å². The Hall–Kier alpha value is 2.02. The van der Waals surface area contributed by atoms with Crippen molar-refractivity contribution in [2.75, 3.05) is 5.75 Å². The van der Waals surface area contributed by atoms with Crippen LogP contribution in [-0.4, -0.2) is 5.75 Å². The standard InChI is InChI=1S/C4H10S.Hg.HI/c1-2-3-4-5;;/h5H,2-4H2,1H3;;1H/q;+2;/p-2. The van der Waals surface area contributed by atoms with Crippen molar-refractivity contribution < 1.29 is 18.7 Å². The number of rotatable bonds is 4. The van der Waals surface area contributed by atoms with Gasteiger partial charge in [0.05, 0.1) is 0 Å². The molecule has 0 fully saturated rings. The van der Waals surface area contributed by atoms with E-state index in [1.807, 2.05) is 0 Å². The van der Waals surface area contributed by atoms with Crippen molar-refractivity contribution in [1.29, 1.82) is 0 Å². The summed E-state index contributed by atoms with van der Waals surface area (Å²) in [4.78, 5) is 0. The van der Waals surface area contributed by atoms with Crippen LogP contribution in [0.3, 0.4) is 0 Å². The van der Waals surface area contributed by atoms with Gasteiger partial charge in [-0.25, -0.2) is 0 Å². The quantitative estimate of drug-likeness (QED) is 0.386. The van der Waals surface area contributed by atoms with Crippen LogP contribution < -0.4 is 0 Å². The normalized spacial score (nSPS) is 8.29. The van der Waals surface area contributed by atoms with Crippen molar-refractivity contribution in [2.45, 2.75) is 19.8 Å². The first-order valence-corrected chi connectivity index (χ1v) is 25.9. The Bertz CT molecular complexity index is 30.9. The minimum absolute atomic E-state index is 0.300. The van der Waals surface area contributed by atoms with E-state index in [0.717, 1.165) is 0 Å². The van der Waals surface area contributed by atoms with Gasteiger partial charge in [-0.1, -0.05) is 0 Å². The van der Waals surface area contributed by atoms with Gasteiger partial charge in [0.15, 0.2) is 0 Å². The van der Waals surface area contributed by atoms with Crippen molar-refractivity contribution in [3.05, 3.63) is 0 Å². The zero-order chi connectivity index (χ0) is 5.54. The molecule has 0 aliphatic carbocycles. The van der Waals surface area contributed by atoms with Crippen LogP contribution in [0.2, 0.25) is 0 Å². The molecule has 3 heteroatoms. The first-order chi connectivity index (χ1) is 3.41. The SMILES string of the molecule is CCCC[S][Hg][I]. The zero-order valence-electron chi connectivity index (χ0n) is 4.61. The first kappa shape index (κ1) is 9.02. The van der Waals surface area contributed by atoms with E-state index in [9.17, 15) is 0 Å². The molecule has 0 aliphatic heterocycles. The van der Waals surface area contributed by atoms with Crippen LogP contribution in [0.15, 0.2) is 0 Å². The molecule has 0 aromatic carbocycles. The van der Waals surface area contributed by atoms with Gasteiger partial charge in [-0.2, -0.15) is 0 Å². The van der Waals surface area contributed by atoms with Gasteiger partial charge in [0, 0.05) is 0 Å².